The molecule has 1 aromatic heterocycles. The first-order valence-corrected chi connectivity index (χ1v) is 6.66. The second-order valence-electron chi connectivity index (χ2n) is 4.58. The molecular formula is C16H22FN3. The molecule has 0 saturated carbocycles. The highest BCUT2D eigenvalue weighted by Gasteiger charge is 2.02. The summed E-state index contributed by atoms with van der Waals surface area (Å²) in [7, 11) is 3.59. The summed E-state index contributed by atoms with van der Waals surface area (Å²) in [5, 5.41) is 0. The van der Waals surface area contributed by atoms with Crippen LogP contribution in [0.1, 0.15) is 25.3 Å². The first-order chi connectivity index (χ1) is 9.58. The van der Waals surface area contributed by atoms with Crippen molar-refractivity contribution in [3.63, 3.8) is 0 Å². The Morgan fingerprint density at radius 3 is 2.90 bits per heavy atom. The number of halogens is 1. The minimum absolute atomic E-state index is 0.386. The van der Waals surface area contributed by atoms with Gasteiger partial charge in [-0.15, -0.1) is 6.58 Å². The summed E-state index contributed by atoms with van der Waals surface area (Å²) in [6, 6.07) is 0. The van der Waals surface area contributed by atoms with Crippen molar-refractivity contribution in [3.8, 4) is 0 Å². The van der Waals surface area contributed by atoms with Crippen LogP contribution in [0.15, 0.2) is 48.3 Å². The quantitative estimate of drug-likeness (QED) is 0.579. The molecule has 0 spiro atoms. The number of hydrogen-bond donors (Lipinski definition) is 0. The molecule has 3 nitrogen and oxygen atoms in total. The van der Waals surface area contributed by atoms with Crippen LogP contribution in [0.5, 0.6) is 0 Å². The minimum atomic E-state index is -0.857. The van der Waals surface area contributed by atoms with Crippen molar-refractivity contribution < 1.29 is 4.39 Å². The summed E-state index contributed by atoms with van der Waals surface area (Å²) < 4.78 is 14.9. The van der Waals surface area contributed by atoms with E-state index in [2.05, 4.69) is 16.6 Å². The van der Waals surface area contributed by atoms with Gasteiger partial charge in [0, 0.05) is 32.1 Å². The Morgan fingerprint density at radius 1 is 1.60 bits per heavy atom. The number of nitrogens with zero attached hydrogens (tertiary/aromatic N) is 3. The summed E-state index contributed by atoms with van der Waals surface area (Å²) in [4.78, 5) is 8.34. The molecule has 0 saturated heterocycles. The van der Waals surface area contributed by atoms with Gasteiger partial charge < -0.3 is 4.57 Å². The first kappa shape index (κ1) is 16.1. The van der Waals surface area contributed by atoms with Crippen LogP contribution in [-0.2, 0) is 7.05 Å². The molecule has 0 N–H and O–H groups in total. The summed E-state index contributed by atoms with van der Waals surface area (Å²) in [6.07, 6.45) is 11.7. The van der Waals surface area contributed by atoms with E-state index in [1.807, 2.05) is 42.1 Å². The molecule has 1 rings (SSSR count). The molecule has 1 atom stereocenters. The van der Waals surface area contributed by atoms with E-state index in [1.165, 1.54) is 0 Å². The highest BCUT2D eigenvalue weighted by atomic mass is 19.1. The normalized spacial score (nSPS) is 14.8. The monoisotopic (exact) mass is 275 g/mol. The van der Waals surface area contributed by atoms with Crippen molar-refractivity contribution in [2.24, 2.45) is 12.0 Å². The molecule has 0 amide bonds. The molecular weight excluding hydrogens is 253 g/mol. The molecule has 1 unspecified atom stereocenters. The van der Waals surface area contributed by atoms with Gasteiger partial charge in [0.2, 0.25) is 5.62 Å². The van der Waals surface area contributed by atoms with E-state index in [0.717, 1.165) is 17.6 Å². The Bertz CT molecular complexity index is 565. The molecule has 0 aliphatic rings. The van der Waals surface area contributed by atoms with Crippen LogP contribution < -0.4 is 5.62 Å². The zero-order valence-electron chi connectivity index (χ0n) is 12.4. The van der Waals surface area contributed by atoms with Gasteiger partial charge in [-0.3, -0.25) is 4.99 Å². The Hall–Kier alpha value is -1.97. The fourth-order valence-corrected chi connectivity index (χ4v) is 1.75. The average Bonchev–Trinajstić information content (AvgIpc) is 2.42. The Morgan fingerprint density at radius 2 is 2.35 bits per heavy atom. The zero-order chi connectivity index (χ0) is 15.0. The zero-order valence-corrected chi connectivity index (χ0v) is 12.4. The van der Waals surface area contributed by atoms with Gasteiger partial charge in [-0.1, -0.05) is 24.3 Å². The fraction of sp³-hybridized carbons (Fsp3) is 0.375. The van der Waals surface area contributed by atoms with Crippen molar-refractivity contribution in [2.45, 2.75) is 25.9 Å². The van der Waals surface area contributed by atoms with Crippen LogP contribution >= 0.6 is 0 Å². The molecule has 0 aromatic carbocycles. The largest absolute Gasteiger partial charge is 0.320 e. The second-order valence-corrected chi connectivity index (χ2v) is 4.58. The summed E-state index contributed by atoms with van der Waals surface area (Å²) in [6.45, 7) is 5.24. The minimum Gasteiger partial charge on any atom is -0.320 e. The predicted molar refractivity (Wildman–Crippen MR) is 81.8 cm³/mol. The van der Waals surface area contributed by atoms with Crippen LogP contribution in [0.2, 0.25) is 0 Å². The van der Waals surface area contributed by atoms with Crippen LogP contribution in [-0.4, -0.2) is 22.8 Å². The van der Waals surface area contributed by atoms with Crippen LogP contribution in [0.4, 0.5) is 4.39 Å². The third kappa shape index (κ3) is 4.96. The number of rotatable bonds is 6. The third-order valence-corrected chi connectivity index (χ3v) is 2.76. The number of alkyl halides is 1. The van der Waals surface area contributed by atoms with Crippen molar-refractivity contribution in [3.05, 3.63) is 54.5 Å². The second kappa shape index (κ2) is 8.25. The SMILES string of the molecule is C=CC/C=C\C(=C/CC(C)F)c1cnc(=NC)n(C)c1. The molecule has 4 heteroatoms. The van der Waals surface area contributed by atoms with Crippen molar-refractivity contribution in [2.75, 3.05) is 7.05 Å². The number of aryl methyl sites for hydroxylation is 1. The lowest BCUT2D eigenvalue weighted by Gasteiger charge is -2.06. The van der Waals surface area contributed by atoms with E-state index in [-0.39, 0.29) is 0 Å². The van der Waals surface area contributed by atoms with Gasteiger partial charge in [0.05, 0.1) is 0 Å². The van der Waals surface area contributed by atoms with Crippen molar-refractivity contribution in [1.82, 2.24) is 9.55 Å². The maximum Gasteiger partial charge on any atom is 0.224 e. The van der Waals surface area contributed by atoms with Gasteiger partial charge in [0.15, 0.2) is 0 Å². The van der Waals surface area contributed by atoms with E-state index in [4.69, 9.17) is 0 Å². The van der Waals surface area contributed by atoms with Crippen LogP contribution in [0.3, 0.4) is 0 Å². The maximum atomic E-state index is 13.0. The van der Waals surface area contributed by atoms with Gasteiger partial charge in [-0.05, 0) is 25.3 Å². The molecule has 108 valence electrons. The Labute approximate surface area is 119 Å². The highest BCUT2D eigenvalue weighted by molar-refractivity contribution is 5.73. The molecule has 0 aliphatic carbocycles. The fourth-order valence-electron chi connectivity index (χ4n) is 1.75. The van der Waals surface area contributed by atoms with Gasteiger partial charge in [0.25, 0.3) is 0 Å². The maximum absolute atomic E-state index is 13.0. The van der Waals surface area contributed by atoms with Crippen LogP contribution in [0, 0.1) is 0 Å². The molecule has 0 radical (unpaired) electrons. The smallest absolute Gasteiger partial charge is 0.224 e. The van der Waals surface area contributed by atoms with Crippen molar-refractivity contribution >= 4 is 5.57 Å². The van der Waals surface area contributed by atoms with Gasteiger partial charge >= 0.3 is 0 Å². The Balaban J connectivity index is 3.12. The summed E-state index contributed by atoms with van der Waals surface area (Å²) in [5.74, 6) is 0. The molecule has 0 fully saturated rings. The van der Waals surface area contributed by atoms with E-state index < -0.39 is 6.17 Å². The summed E-state index contributed by atoms with van der Waals surface area (Å²) in [5.41, 5.74) is 2.56. The van der Waals surface area contributed by atoms with Crippen molar-refractivity contribution in [1.29, 1.82) is 0 Å². The Kier molecular flexibility index (Phi) is 6.64. The topological polar surface area (TPSA) is 30.2 Å². The predicted octanol–water partition coefficient (Wildman–Crippen LogP) is 3.21. The van der Waals surface area contributed by atoms with E-state index in [0.29, 0.717) is 12.0 Å². The van der Waals surface area contributed by atoms with Crippen LogP contribution in [0.25, 0.3) is 5.57 Å². The third-order valence-electron chi connectivity index (χ3n) is 2.76. The van der Waals surface area contributed by atoms with E-state index in [1.54, 1.807) is 20.2 Å². The number of aromatic nitrogens is 2. The number of allylic oxidation sites excluding steroid dienone is 5. The number of hydrogen-bond acceptors (Lipinski definition) is 2. The van der Waals surface area contributed by atoms with Gasteiger partial charge in [0.1, 0.15) is 6.17 Å². The lowest BCUT2D eigenvalue weighted by molar-refractivity contribution is 0.365. The average molecular weight is 275 g/mol. The highest BCUT2D eigenvalue weighted by Crippen LogP contribution is 2.16. The molecule has 0 bridgehead atoms. The molecule has 20 heavy (non-hydrogen) atoms. The summed E-state index contributed by atoms with van der Waals surface area (Å²) >= 11 is 0. The molecule has 1 heterocycles. The molecule has 0 aliphatic heterocycles. The lowest BCUT2D eigenvalue weighted by Crippen LogP contribution is -2.21. The van der Waals surface area contributed by atoms with E-state index >= 15 is 0 Å². The van der Waals surface area contributed by atoms with Gasteiger partial charge in [-0.2, -0.15) is 0 Å². The standard InChI is InChI=1S/C16H22FN3/c1-5-6-7-8-14(10-9-13(2)17)15-11-19-16(18-3)20(4)12-15/h5,7-8,10-13H,1,6,9H2,2-4H3/b8-7-,14-10+,18-16?. The van der Waals surface area contributed by atoms with E-state index in [9.17, 15) is 4.39 Å². The first-order valence-electron chi connectivity index (χ1n) is 6.66. The van der Waals surface area contributed by atoms with Gasteiger partial charge in [-0.25, -0.2) is 9.37 Å². The molecule has 1 aromatic rings. The lowest BCUT2D eigenvalue weighted by atomic mass is 10.1.